The summed E-state index contributed by atoms with van der Waals surface area (Å²) in [7, 11) is 0. The molecule has 21 heavy (non-hydrogen) atoms. The molecule has 0 saturated heterocycles. The molecule has 0 unspecified atom stereocenters. The second kappa shape index (κ2) is 6.42. The minimum Gasteiger partial charge on any atom is -0.350 e. The van der Waals surface area contributed by atoms with E-state index >= 15 is 0 Å². The molecule has 0 saturated carbocycles. The van der Waals surface area contributed by atoms with Gasteiger partial charge in [-0.15, -0.1) is 0 Å². The number of nitrogens with zero attached hydrogens (tertiary/aromatic N) is 2. The minimum atomic E-state index is -0.800. The molecule has 0 aliphatic heterocycles. The van der Waals surface area contributed by atoms with Crippen molar-refractivity contribution in [2.75, 3.05) is 10.0 Å². The van der Waals surface area contributed by atoms with E-state index in [0.29, 0.717) is 29.8 Å². The first-order valence-electron chi connectivity index (χ1n) is 6.60. The second-order valence-electron chi connectivity index (χ2n) is 4.65. The molecule has 0 aliphatic rings. The molecule has 0 heterocycles. The first kappa shape index (κ1) is 16.7. The van der Waals surface area contributed by atoms with Crippen LogP contribution in [0.3, 0.4) is 0 Å². The number of hydrogen-bond acceptors (Lipinski definition) is 4. The Labute approximate surface area is 123 Å². The normalized spacial score (nSPS) is 10.3. The number of nitrogens with two attached hydrogens (primary N) is 4. The zero-order valence-corrected chi connectivity index (χ0v) is 12.5. The Hall–Kier alpha value is -2.32. The molecule has 0 atom stereocenters. The highest BCUT2D eigenvalue weighted by molar-refractivity contribution is 5.97. The zero-order valence-electron chi connectivity index (χ0n) is 12.5. The van der Waals surface area contributed by atoms with Crippen molar-refractivity contribution in [2.45, 2.75) is 33.6 Å². The third-order valence-corrected chi connectivity index (χ3v) is 3.33. The summed E-state index contributed by atoms with van der Waals surface area (Å²) < 4.78 is 0. The average Bonchev–Trinajstić information content (AvgIpc) is 2.43. The summed E-state index contributed by atoms with van der Waals surface area (Å²) in [4.78, 5) is 22.8. The third kappa shape index (κ3) is 3.06. The summed E-state index contributed by atoms with van der Waals surface area (Å²) >= 11 is 0. The van der Waals surface area contributed by atoms with Crippen molar-refractivity contribution in [3.05, 3.63) is 22.8 Å². The molecule has 0 fully saturated rings. The van der Waals surface area contributed by atoms with Gasteiger partial charge >= 0.3 is 12.1 Å². The van der Waals surface area contributed by atoms with Gasteiger partial charge in [0.25, 0.3) is 0 Å². The molecule has 0 spiro atoms. The lowest BCUT2D eigenvalue weighted by Gasteiger charge is -2.27. The highest BCUT2D eigenvalue weighted by Crippen LogP contribution is 2.35. The van der Waals surface area contributed by atoms with E-state index in [0.717, 1.165) is 21.1 Å². The fraction of sp³-hybridized carbons (Fsp3) is 0.385. The van der Waals surface area contributed by atoms with E-state index in [4.69, 9.17) is 23.2 Å². The topological polar surface area (TPSA) is 145 Å². The molecular weight excluding hydrogens is 272 g/mol. The highest BCUT2D eigenvalue weighted by atomic mass is 16.2. The average molecular weight is 294 g/mol. The molecule has 116 valence electrons. The monoisotopic (exact) mass is 294 g/mol. The van der Waals surface area contributed by atoms with Gasteiger partial charge < -0.3 is 11.5 Å². The van der Waals surface area contributed by atoms with Crippen LogP contribution in [0.5, 0.6) is 0 Å². The van der Waals surface area contributed by atoms with Crippen molar-refractivity contribution in [2.24, 2.45) is 23.2 Å². The fourth-order valence-corrected chi connectivity index (χ4v) is 2.40. The second-order valence-corrected chi connectivity index (χ2v) is 4.65. The molecule has 1 rings (SSSR count). The first-order chi connectivity index (χ1) is 9.76. The summed E-state index contributed by atoms with van der Waals surface area (Å²) in [6.45, 7) is 5.61. The summed E-state index contributed by atoms with van der Waals surface area (Å²) in [6, 6.07) is 0.220. The predicted molar refractivity (Wildman–Crippen MR) is 82.4 cm³/mol. The molecule has 0 aliphatic carbocycles. The van der Waals surface area contributed by atoms with Crippen LogP contribution in [0, 0.1) is 6.92 Å². The van der Waals surface area contributed by atoms with Gasteiger partial charge in [0.15, 0.2) is 0 Å². The van der Waals surface area contributed by atoms with Crippen LogP contribution in [0.2, 0.25) is 0 Å². The lowest BCUT2D eigenvalue weighted by atomic mass is 9.96. The molecule has 8 heteroatoms. The number of amides is 4. The Bertz CT molecular complexity index is 572. The van der Waals surface area contributed by atoms with Crippen molar-refractivity contribution >= 4 is 23.4 Å². The van der Waals surface area contributed by atoms with Crippen LogP contribution in [0.15, 0.2) is 6.07 Å². The third-order valence-electron chi connectivity index (χ3n) is 3.33. The summed E-state index contributed by atoms with van der Waals surface area (Å²) in [5.74, 6) is 11.5. The van der Waals surface area contributed by atoms with Crippen LogP contribution in [0.25, 0.3) is 0 Å². The van der Waals surface area contributed by atoms with Crippen LogP contribution in [0.4, 0.5) is 21.0 Å². The van der Waals surface area contributed by atoms with Gasteiger partial charge in [0.2, 0.25) is 0 Å². The molecule has 4 amide bonds. The first-order valence-corrected chi connectivity index (χ1v) is 6.60. The lowest BCUT2D eigenvalue weighted by Crippen LogP contribution is -2.45. The van der Waals surface area contributed by atoms with Crippen molar-refractivity contribution in [3.63, 3.8) is 0 Å². The number of hydrogen-bond donors (Lipinski definition) is 4. The zero-order chi connectivity index (χ0) is 16.3. The Kier molecular flexibility index (Phi) is 5.12. The number of rotatable bonds is 4. The van der Waals surface area contributed by atoms with Crippen molar-refractivity contribution in [3.8, 4) is 0 Å². The molecule has 1 aromatic carbocycles. The number of hydrazine groups is 2. The standard InChI is InChI=1S/C13H22N6O2/c1-4-8-6-7(3)10(18(16)12(14)20)9(5-2)11(8)19(17)13(15)21/h6H,4-5,16-17H2,1-3H3,(H2,14,20)(H2,15,21). The Morgan fingerprint density at radius 1 is 1.00 bits per heavy atom. The molecule has 0 bridgehead atoms. The van der Waals surface area contributed by atoms with Gasteiger partial charge in [-0.05, 0) is 30.9 Å². The van der Waals surface area contributed by atoms with Crippen LogP contribution in [0.1, 0.15) is 30.5 Å². The van der Waals surface area contributed by atoms with E-state index in [1.54, 1.807) is 0 Å². The van der Waals surface area contributed by atoms with Crippen LogP contribution in [-0.2, 0) is 12.8 Å². The maximum atomic E-state index is 11.4. The Balaban J connectivity index is 3.72. The molecule has 8 N–H and O–H groups in total. The molecule has 1 aromatic rings. The number of aryl methyl sites for hydroxylation is 2. The Morgan fingerprint density at radius 3 is 1.86 bits per heavy atom. The summed E-state index contributed by atoms with van der Waals surface area (Å²) in [5.41, 5.74) is 13.7. The number of anilines is 2. The van der Waals surface area contributed by atoms with Crippen molar-refractivity contribution in [1.29, 1.82) is 0 Å². The maximum absolute atomic E-state index is 11.4. The van der Waals surface area contributed by atoms with Crippen LogP contribution >= 0.6 is 0 Å². The minimum absolute atomic E-state index is 0.439. The molecular formula is C13H22N6O2. The largest absolute Gasteiger partial charge is 0.350 e. The van der Waals surface area contributed by atoms with Gasteiger partial charge in [-0.25, -0.2) is 31.3 Å². The van der Waals surface area contributed by atoms with E-state index in [2.05, 4.69) is 0 Å². The predicted octanol–water partition coefficient (Wildman–Crippen LogP) is 0.637. The van der Waals surface area contributed by atoms with Crippen molar-refractivity contribution in [1.82, 2.24) is 0 Å². The number of benzene rings is 1. The van der Waals surface area contributed by atoms with Gasteiger partial charge in [0, 0.05) is 5.56 Å². The van der Waals surface area contributed by atoms with Crippen molar-refractivity contribution < 1.29 is 9.59 Å². The van der Waals surface area contributed by atoms with E-state index in [1.165, 1.54) is 0 Å². The van der Waals surface area contributed by atoms with E-state index in [9.17, 15) is 9.59 Å². The van der Waals surface area contributed by atoms with Crippen LogP contribution in [-0.4, -0.2) is 12.1 Å². The fourth-order valence-electron chi connectivity index (χ4n) is 2.40. The highest BCUT2D eigenvalue weighted by Gasteiger charge is 2.24. The SMILES string of the molecule is CCc1cc(C)c(N(N)C(N)=O)c(CC)c1N(N)C(N)=O. The quantitative estimate of drug-likeness (QED) is 0.366. The number of urea groups is 2. The summed E-state index contributed by atoms with van der Waals surface area (Å²) in [6.07, 6.45) is 1.15. The van der Waals surface area contributed by atoms with Crippen LogP contribution < -0.4 is 33.2 Å². The van der Waals surface area contributed by atoms with E-state index in [-0.39, 0.29) is 0 Å². The lowest BCUT2D eigenvalue weighted by molar-refractivity contribution is 0.253. The van der Waals surface area contributed by atoms with Gasteiger partial charge in [-0.3, -0.25) is 0 Å². The molecule has 0 aromatic heterocycles. The number of primary amides is 2. The number of carbonyl (C=O) groups is 2. The number of carbonyl (C=O) groups excluding carboxylic acids is 2. The molecule has 8 nitrogen and oxygen atoms in total. The van der Waals surface area contributed by atoms with Gasteiger partial charge in [-0.2, -0.15) is 0 Å². The Morgan fingerprint density at radius 2 is 1.48 bits per heavy atom. The van der Waals surface area contributed by atoms with Gasteiger partial charge in [0.05, 0.1) is 11.4 Å². The van der Waals surface area contributed by atoms with Gasteiger partial charge in [-0.1, -0.05) is 19.9 Å². The smallest absolute Gasteiger partial charge is 0.333 e. The van der Waals surface area contributed by atoms with E-state index < -0.39 is 12.1 Å². The summed E-state index contributed by atoms with van der Waals surface area (Å²) in [5, 5.41) is 1.72. The molecule has 0 radical (unpaired) electrons. The maximum Gasteiger partial charge on any atom is 0.333 e. The van der Waals surface area contributed by atoms with Gasteiger partial charge in [0.1, 0.15) is 0 Å². The van der Waals surface area contributed by atoms with E-state index in [1.807, 2.05) is 26.8 Å².